The lowest BCUT2D eigenvalue weighted by Crippen LogP contribution is -2.19. The molecule has 0 bridgehead atoms. The van der Waals surface area contributed by atoms with Crippen LogP contribution in [0.2, 0.25) is 0 Å². The minimum Gasteiger partial charge on any atom is -0.316 e. The standard InChI is InChI=1S/C35H29N/c1-22-16-18-25(19-17-22)36-20-10-9-11-23(2)30-32-27-14-7-8-15-29(27)35(3,4)33(32)31-26-13-6-5-12-24(26)21-28(31)34(30)36/h5-20H,2,21H2,1,3-4H3/b11-9-,20-10-. The van der Waals surface area contributed by atoms with Crippen molar-refractivity contribution in [3.8, 4) is 22.3 Å². The number of hydrogen-bond acceptors (Lipinski definition) is 1. The van der Waals surface area contributed by atoms with E-state index in [0.29, 0.717) is 0 Å². The summed E-state index contributed by atoms with van der Waals surface area (Å²) in [6.07, 6.45) is 9.57. The van der Waals surface area contributed by atoms with E-state index in [-0.39, 0.29) is 5.41 Å². The number of hydrogen-bond donors (Lipinski definition) is 0. The summed E-state index contributed by atoms with van der Waals surface area (Å²) in [5.41, 5.74) is 17.1. The Labute approximate surface area is 213 Å². The van der Waals surface area contributed by atoms with Crippen molar-refractivity contribution in [3.05, 3.63) is 137 Å². The summed E-state index contributed by atoms with van der Waals surface area (Å²) in [5.74, 6) is 0. The summed E-state index contributed by atoms with van der Waals surface area (Å²) in [5, 5.41) is 0. The van der Waals surface area contributed by atoms with Gasteiger partial charge in [0.2, 0.25) is 0 Å². The lowest BCUT2D eigenvalue weighted by molar-refractivity contribution is 0.662. The molecule has 1 heteroatoms. The minimum atomic E-state index is -0.0978. The number of nitrogens with zero attached hydrogens (tertiary/aromatic N) is 1. The highest BCUT2D eigenvalue weighted by molar-refractivity contribution is 6.06. The first-order valence-corrected chi connectivity index (χ1v) is 12.8. The summed E-state index contributed by atoms with van der Waals surface area (Å²) in [4.78, 5) is 2.39. The third-order valence-electron chi connectivity index (χ3n) is 8.24. The molecule has 0 atom stereocenters. The van der Waals surface area contributed by atoms with Gasteiger partial charge in [0, 0.05) is 29.3 Å². The van der Waals surface area contributed by atoms with E-state index < -0.39 is 0 Å². The van der Waals surface area contributed by atoms with Crippen LogP contribution in [-0.4, -0.2) is 0 Å². The molecule has 0 amide bonds. The van der Waals surface area contributed by atoms with Crippen LogP contribution in [0.1, 0.15) is 47.2 Å². The molecule has 0 fully saturated rings. The van der Waals surface area contributed by atoms with Crippen molar-refractivity contribution < 1.29 is 0 Å². The number of benzene rings is 4. The van der Waals surface area contributed by atoms with Crippen LogP contribution in [0, 0.1) is 6.92 Å². The van der Waals surface area contributed by atoms with Crippen molar-refractivity contribution in [2.75, 3.05) is 4.90 Å². The third-order valence-corrected chi connectivity index (χ3v) is 8.24. The molecule has 0 N–H and O–H groups in total. The fourth-order valence-electron chi connectivity index (χ4n) is 6.61. The molecule has 4 aromatic carbocycles. The second-order valence-corrected chi connectivity index (χ2v) is 10.8. The molecule has 0 saturated heterocycles. The van der Waals surface area contributed by atoms with E-state index in [2.05, 4.69) is 129 Å². The van der Waals surface area contributed by atoms with Crippen molar-refractivity contribution in [1.29, 1.82) is 0 Å². The van der Waals surface area contributed by atoms with Gasteiger partial charge in [0.25, 0.3) is 0 Å². The Morgan fingerprint density at radius 2 is 1.50 bits per heavy atom. The van der Waals surface area contributed by atoms with Crippen LogP contribution in [0.5, 0.6) is 0 Å². The second-order valence-electron chi connectivity index (χ2n) is 10.8. The predicted molar refractivity (Wildman–Crippen MR) is 153 cm³/mol. The largest absolute Gasteiger partial charge is 0.316 e. The molecule has 7 rings (SSSR count). The highest BCUT2D eigenvalue weighted by Gasteiger charge is 2.44. The van der Waals surface area contributed by atoms with Crippen molar-refractivity contribution in [1.82, 2.24) is 0 Å². The molecule has 1 nitrogen and oxygen atoms in total. The zero-order valence-corrected chi connectivity index (χ0v) is 21.1. The Bertz CT molecular complexity index is 1640. The Morgan fingerprint density at radius 3 is 2.31 bits per heavy atom. The Kier molecular flexibility index (Phi) is 4.39. The molecule has 2 aliphatic carbocycles. The Hall–Kier alpha value is -4.10. The average Bonchev–Trinajstić information content (AvgIpc) is 3.36. The first kappa shape index (κ1) is 21.2. The molecule has 3 aliphatic rings. The molecule has 1 aliphatic heterocycles. The SMILES string of the molecule is C=C1/C=C\C=C/N(c2ccc(C)cc2)c2c3c(c4c(c21)-c1ccccc1C4(C)C)-c1ccccc1C3. The predicted octanol–water partition coefficient (Wildman–Crippen LogP) is 9.11. The lowest BCUT2D eigenvalue weighted by Gasteiger charge is -2.32. The van der Waals surface area contributed by atoms with Gasteiger partial charge in [0.15, 0.2) is 0 Å². The van der Waals surface area contributed by atoms with E-state index in [1.54, 1.807) is 0 Å². The molecule has 1 heterocycles. The van der Waals surface area contributed by atoms with Gasteiger partial charge in [-0.15, -0.1) is 0 Å². The zero-order chi connectivity index (χ0) is 24.6. The van der Waals surface area contributed by atoms with Gasteiger partial charge in [-0.3, -0.25) is 0 Å². The van der Waals surface area contributed by atoms with Crippen LogP contribution in [0.3, 0.4) is 0 Å². The van der Waals surface area contributed by atoms with Crippen LogP contribution >= 0.6 is 0 Å². The van der Waals surface area contributed by atoms with Gasteiger partial charge in [-0.05, 0) is 75.2 Å². The van der Waals surface area contributed by atoms with E-state index in [0.717, 1.165) is 12.0 Å². The van der Waals surface area contributed by atoms with Gasteiger partial charge in [-0.25, -0.2) is 0 Å². The molecule has 0 spiro atoms. The summed E-state index contributed by atoms with van der Waals surface area (Å²) in [6.45, 7) is 11.6. The Morgan fingerprint density at radius 1 is 0.778 bits per heavy atom. The molecular formula is C35H29N. The topological polar surface area (TPSA) is 3.24 Å². The summed E-state index contributed by atoms with van der Waals surface area (Å²) < 4.78 is 0. The fourth-order valence-corrected chi connectivity index (χ4v) is 6.61. The van der Waals surface area contributed by atoms with Gasteiger partial charge >= 0.3 is 0 Å². The van der Waals surface area contributed by atoms with E-state index in [4.69, 9.17) is 0 Å². The number of fused-ring (bicyclic) bond motifs is 10. The minimum absolute atomic E-state index is 0.0978. The van der Waals surface area contributed by atoms with Crippen molar-refractivity contribution in [2.24, 2.45) is 0 Å². The fraction of sp³-hybridized carbons (Fsp3) is 0.143. The highest BCUT2D eigenvalue weighted by Crippen LogP contribution is 2.61. The smallest absolute Gasteiger partial charge is 0.0581 e. The first-order chi connectivity index (χ1) is 17.5. The van der Waals surface area contributed by atoms with Crippen molar-refractivity contribution in [3.63, 3.8) is 0 Å². The number of aryl methyl sites for hydroxylation is 1. The second kappa shape index (κ2) is 7.45. The first-order valence-electron chi connectivity index (χ1n) is 12.8. The van der Waals surface area contributed by atoms with Gasteiger partial charge in [0.05, 0.1) is 5.69 Å². The van der Waals surface area contributed by atoms with Gasteiger partial charge < -0.3 is 4.90 Å². The van der Waals surface area contributed by atoms with Crippen LogP contribution in [0.4, 0.5) is 11.4 Å². The molecule has 36 heavy (non-hydrogen) atoms. The highest BCUT2D eigenvalue weighted by atomic mass is 15.1. The maximum absolute atomic E-state index is 4.62. The normalized spacial score (nSPS) is 17.9. The molecule has 0 radical (unpaired) electrons. The molecule has 0 saturated carbocycles. The summed E-state index contributed by atoms with van der Waals surface area (Å²) in [7, 11) is 0. The maximum atomic E-state index is 4.62. The van der Waals surface area contributed by atoms with Crippen LogP contribution in [0.25, 0.3) is 27.8 Å². The van der Waals surface area contributed by atoms with E-state index in [1.807, 2.05) is 0 Å². The number of anilines is 2. The van der Waals surface area contributed by atoms with E-state index >= 15 is 0 Å². The number of rotatable bonds is 1. The van der Waals surface area contributed by atoms with Gasteiger partial charge in [-0.2, -0.15) is 0 Å². The molecular weight excluding hydrogens is 434 g/mol. The van der Waals surface area contributed by atoms with E-state index in [1.165, 1.54) is 67.0 Å². The maximum Gasteiger partial charge on any atom is 0.0581 e. The quantitative estimate of drug-likeness (QED) is 0.240. The Balaban J connectivity index is 1.68. The van der Waals surface area contributed by atoms with Gasteiger partial charge in [0.1, 0.15) is 0 Å². The molecule has 174 valence electrons. The van der Waals surface area contributed by atoms with Crippen molar-refractivity contribution in [2.45, 2.75) is 32.6 Å². The van der Waals surface area contributed by atoms with E-state index in [9.17, 15) is 0 Å². The zero-order valence-electron chi connectivity index (χ0n) is 21.1. The van der Waals surface area contributed by atoms with Crippen LogP contribution < -0.4 is 4.90 Å². The number of allylic oxidation sites excluding steroid dienone is 4. The molecule has 0 aromatic heterocycles. The van der Waals surface area contributed by atoms with Crippen LogP contribution in [-0.2, 0) is 11.8 Å². The molecule has 4 aromatic rings. The van der Waals surface area contributed by atoms with Crippen molar-refractivity contribution >= 4 is 16.9 Å². The monoisotopic (exact) mass is 463 g/mol. The lowest BCUT2D eigenvalue weighted by atomic mass is 9.76. The summed E-state index contributed by atoms with van der Waals surface area (Å²) in [6, 6.07) is 26.8. The van der Waals surface area contributed by atoms with Crippen LogP contribution in [0.15, 0.2) is 104 Å². The third kappa shape index (κ3) is 2.77. The summed E-state index contributed by atoms with van der Waals surface area (Å²) >= 11 is 0. The molecule has 0 unspecified atom stereocenters. The average molecular weight is 464 g/mol. The van der Waals surface area contributed by atoms with Gasteiger partial charge in [-0.1, -0.05) is 98.8 Å².